The SMILES string of the molecule is Cc1cc(C(F)(F)F)ccc1-c1cccc(C(F)(F)F)n1. The molecule has 0 atom stereocenters. The van der Waals surface area contributed by atoms with Crippen molar-refractivity contribution in [3.63, 3.8) is 0 Å². The quantitative estimate of drug-likeness (QED) is 0.668. The van der Waals surface area contributed by atoms with Gasteiger partial charge in [0.05, 0.1) is 11.3 Å². The third-order valence-corrected chi connectivity index (χ3v) is 2.87. The van der Waals surface area contributed by atoms with E-state index in [9.17, 15) is 26.3 Å². The van der Waals surface area contributed by atoms with Crippen LogP contribution < -0.4 is 0 Å². The zero-order valence-corrected chi connectivity index (χ0v) is 10.7. The number of nitrogens with zero attached hydrogens (tertiary/aromatic N) is 1. The van der Waals surface area contributed by atoms with Crippen molar-refractivity contribution in [2.75, 3.05) is 0 Å². The van der Waals surface area contributed by atoms with E-state index in [4.69, 9.17) is 0 Å². The summed E-state index contributed by atoms with van der Waals surface area (Å²) in [6.07, 6.45) is -9.10. The minimum absolute atomic E-state index is 0.0175. The van der Waals surface area contributed by atoms with E-state index in [0.717, 1.165) is 24.3 Å². The van der Waals surface area contributed by atoms with E-state index < -0.39 is 23.6 Å². The molecule has 112 valence electrons. The maximum absolute atomic E-state index is 12.6. The molecule has 0 radical (unpaired) electrons. The molecule has 0 saturated heterocycles. The molecule has 21 heavy (non-hydrogen) atoms. The van der Waals surface area contributed by atoms with Crippen LogP contribution in [0.4, 0.5) is 26.3 Å². The monoisotopic (exact) mass is 305 g/mol. The summed E-state index contributed by atoms with van der Waals surface area (Å²) in [5.74, 6) is 0. The summed E-state index contributed by atoms with van der Waals surface area (Å²) in [6.45, 7) is 1.40. The maximum atomic E-state index is 12.6. The second-order valence-corrected chi connectivity index (χ2v) is 4.43. The van der Waals surface area contributed by atoms with Gasteiger partial charge in [-0.05, 0) is 36.8 Å². The lowest BCUT2D eigenvalue weighted by molar-refractivity contribution is -0.141. The summed E-state index contributed by atoms with van der Waals surface area (Å²) in [4.78, 5) is 3.46. The zero-order valence-electron chi connectivity index (χ0n) is 10.7. The third-order valence-electron chi connectivity index (χ3n) is 2.87. The molecule has 0 unspecified atom stereocenters. The Balaban J connectivity index is 2.48. The molecule has 7 heteroatoms. The third kappa shape index (κ3) is 3.34. The van der Waals surface area contributed by atoms with E-state index in [-0.39, 0.29) is 16.8 Å². The Morgan fingerprint density at radius 1 is 0.857 bits per heavy atom. The van der Waals surface area contributed by atoms with Gasteiger partial charge in [0, 0.05) is 5.56 Å². The van der Waals surface area contributed by atoms with Crippen LogP contribution >= 0.6 is 0 Å². The first-order valence-electron chi connectivity index (χ1n) is 5.81. The minimum Gasteiger partial charge on any atom is -0.243 e. The van der Waals surface area contributed by atoms with Crippen LogP contribution in [-0.4, -0.2) is 4.98 Å². The van der Waals surface area contributed by atoms with Gasteiger partial charge in [0.2, 0.25) is 0 Å². The summed E-state index contributed by atoms with van der Waals surface area (Å²) >= 11 is 0. The molecular weight excluding hydrogens is 296 g/mol. The first-order chi connectivity index (χ1) is 9.59. The summed E-state index contributed by atoms with van der Waals surface area (Å²) in [6, 6.07) is 6.14. The molecule has 1 nitrogen and oxygen atoms in total. The van der Waals surface area contributed by atoms with Crippen LogP contribution in [0.3, 0.4) is 0 Å². The van der Waals surface area contributed by atoms with Crippen molar-refractivity contribution in [1.29, 1.82) is 0 Å². The van der Waals surface area contributed by atoms with Crippen LogP contribution in [0.2, 0.25) is 0 Å². The number of aromatic nitrogens is 1. The van der Waals surface area contributed by atoms with Crippen molar-refractivity contribution in [3.05, 3.63) is 53.2 Å². The number of rotatable bonds is 1. The van der Waals surface area contributed by atoms with E-state index in [0.29, 0.717) is 0 Å². The van der Waals surface area contributed by atoms with Crippen LogP contribution in [-0.2, 0) is 12.4 Å². The fourth-order valence-corrected chi connectivity index (χ4v) is 1.87. The number of halogens is 6. The Morgan fingerprint density at radius 3 is 2.05 bits per heavy atom. The molecule has 0 saturated carbocycles. The number of hydrogen-bond acceptors (Lipinski definition) is 1. The normalized spacial score (nSPS) is 12.5. The topological polar surface area (TPSA) is 12.9 Å². The summed E-state index contributed by atoms with van der Waals surface area (Å²) in [5, 5.41) is 0. The van der Waals surface area contributed by atoms with Crippen molar-refractivity contribution in [2.45, 2.75) is 19.3 Å². The second-order valence-electron chi connectivity index (χ2n) is 4.43. The average molecular weight is 305 g/mol. The van der Waals surface area contributed by atoms with E-state index in [1.807, 2.05) is 0 Å². The molecule has 1 aromatic heterocycles. The summed E-state index contributed by atoms with van der Waals surface area (Å²) in [5.41, 5.74) is -1.52. The van der Waals surface area contributed by atoms with Crippen molar-refractivity contribution in [2.24, 2.45) is 0 Å². The van der Waals surface area contributed by atoms with Crippen LogP contribution in [0, 0.1) is 6.92 Å². The molecule has 2 aromatic rings. The van der Waals surface area contributed by atoms with Gasteiger partial charge in [-0.25, -0.2) is 4.98 Å². The van der Waals surface area contributed by atoms with Crippen LogP contribution in [0.1, 0.15) is 16.8 Å². The van der Waals surface area contributed by atoms with E-state index >= 15 is 0 Å². The lowest BCUT2D eigenvalue weighted by atomic mass is 10.0. The predicted molar refractivity (Wildman–Crippen MR) is 64.4 cm³/mol. The van der Waals surface area contributed by atoms with Gasteiger partial charge in [-0.3, -0.25) is 0 Å². The van der Waals surface area contributed by atoms with E-state index in [1.54, 1.807) is 0 Å². The van der Waals surface area contributed by atoms with E-state index in [2.05, 4.69) is 4.98 Å². The zero-order chi connectivity index (χ0) is 15.8. The molecule has 2 rings (SSSR count). The standard InChI is InChI=1S/C14H9F6N/c1-8-7-9(13(15,16)17)5-6-10(8)11-3-2-4-12(21-11)14(18,19)20/h2-7H,1H3. The fraction of sp³-hybridized carbons (Fsp3) is 0.214. The molecule has 0 spiro atoms. The Hall–Kier alpha value is -2.05. The minimum atomic E-state index is -4.60. The average Bonchev–Trinajstić information content (AvgIpc) is 2.36. The smallest absolute Gasteiger partial charge is 0.243 e. The fourth-order valence-electron chi connectivity index (χ4n) is 1.87. The summed E-state index contributed by atoms with van der Waals surface area (Å²) in [7, 11) is 0. The van der Waals surface area contributed by atoms with Gasteiger partial charge in [0.1, 0.15) is 5.69 Å². The van der Waals surface area contributed by atoms with Crippen molar-refractivity contribution in [3.8, 4) is 11.3 Å². The van der Waals surface area contributed by atoms with Gasteiger partial charge in [-0.1, -0.05) is 12.1 Å². The molecule has 0 bridgehead atoms. The largest absolute Gasteiger partial charge is 0.433 e. The highest BCUT2D eigenvalue weighted by Crippen LogP contribution is 2.34. The Labute approximate surface area is 116 Å². The van der Waals surface area contributed by atoms with Gasteiger partial charge in [0.15, 0.2) is 0 Å². The molecule has 0 amide bonds. The molecule has 1 heterocycles. The lowest BCUT2D eigenvalue weighted by Crippen LogP contribution is -2.08. The number of alkyl halides is 6. The number of benzene rings is 1. The highest BCUT2D eigenvalue weighted by atomic mass is 19.4. The molecule has 0 fully saturated rings. The van der Waals surface area contributed by atoms with Gasteiger partial charge < -0.3 is 0 Å². The van der Waals surface area contributed by atoms with Crippen molar-refractivity contribution >= 4 is 0 Å². The molecule has 0 aliphatic heterocycles. The first kappa shape index (κ1) is 15.3. The number of hydrogen-bond donors (Lipinski definition) is 0. The second kappa shape index (κ2) is 5.05. The Morgan fingerprint density at radius 2 is 1.52 bits per heavy atom. The summed E-state index contributed by atoms with van der Waals surface area (Å²) < 4.78 is 75.5. The van der Waals surface area contributed by atoms with Crippen molar-refractivity contribution in [1.82, 2.24) is 4.98 Å². The van der Waals surface area contributed by atoms with Crippen LogP contribution in [0.25, 0.3) is 11.3 Å². The first-order valence-corrected chi connectivity index (χ1v) is 5.81. The van der Waals surface area contributed by atoms with Crippen molar-refractivity contribution < 1.29 is 26.3 Å². The lowest BCUT2D eigenvalue weighted by Gasteiger charge is -2.12. The number of pyridine rings is 1. The van der Waals surface area contributed by atoms with Gasteiger partial charge in [-0.15, -0.1) is 0 Å². The maximum Gasteiger partial charge on any atom is 0.433 e. The molecule has 0 N–H and O–H groups in total. The van der Waals surface area contributed by atoms with Gasteiger partial charge in [-0.2, -0.15) is 26.3 Å². The Bertz CT molecular complexity index is 657. The molecule has 0 aliphatic rings. The van der Waals surface area contributed by atoms with Gasteiger partial charge >= 0.3 is 12.4 Å². The van der Waals surface area contributed by atoms with Crippen LogP contribution in [0.15, 0.2) is 36.4 Å². The molecule has 0 aliphatic carbocycles. The Kier molecular flexibility index (Phi) is 3.69. The molecule has 1 aromatic carbocycles. The number of aryl methyl sites for hydroxylation is 1. The molecular formula is C14H9F6N. The van der Waals surface area contributed by atoms with E-state index in [1.165, 1.54) is 19.1 Å². The highest BCUT2D eigenvalue weighted by molar-refractivity contribution is 5.64. The highest BCUT2D eigenvalue weighted by Gasteiger charge is 2.33. The van der Waals surface area contributed by atoms with Crippen LogP contribution in [0.5, 0.6) is 0 Å². The predicted octanol–water partition coefficient (Wildman–Crippen LogP) is 5.09. The van der Waals surface area contributed by atoms with Gasteiger partial charge in [0.25, 0.3) is 0 Å².